The molecule has 0 saturated heterocycles. The van der Waals surface area contributed by atoms with Gasteiger partial charge in [-0.2, -0.15) is 30.4 Å². The molecule has 0 aliphatic heterocycles. The molecule has 0 aromatic heterocycles. The third-order valence-electron chi connectivity index (χ3n) is 0.978. The number of hydrogen-bond acceptors (Lipinski definition) is 0. The van der Waals surface area contributed by atoms with E-state index in [9.17, 15) is 0 Å². The van der Waals surface area contributed by atoms with Gasteiger partial charge in [0.2, 0.25) is 0 Å². The van der Waals surface area contributed by atoms with Crippen molar-refractivity contribution < 1.29 is 27.3 Å². The van der Waals surface area contributed by atoms with Gasteiger partial charge in [-0.1, -0.05) is 6.07 Å². The van der Waals surface area contributed by atoms with Gasteiger partial charge in [-0.25, -0.2) is 0 Å². The topological polar surface area (TPSA) is 0 Å². The van der Waals surface area contributed by atoms with Crippen LogP contribution in [0.25, 0.3) is 0 Å². The zero-order valence-electron chi connectivity index (χ0n) is 5.30. The third-order valence-corrected chi connectivity index (χ3v) is 0.978. The van der Waals surface area contributed by atoms with E-state index in [1.165, 1.54) is 0 Å². The van der Waals surface area contributed by atoms with Crippen molar-refractivity contribution in [2.24, 2.45) is 0 Å². The molecular formula is C8H7Cd-. The molecule has 0 radical (unpaired) electrons. The van der Waals surface area contributed by atoms with Crippen LogP contribution in [0.5, 0.6) is 0 Å². The molecule has 1 rings (SSSR count). The average Bonchev–Trinajstić information content (AvgIpc) is 1.90. The minimum atomic E-state index is 0. The van der Waals surface area contributed by atoms with Crippen LogP contribution in [0.1, 0.15) is 5.56 Å². The normalized spacial score (nSPS) is 7.56. The fraction of sp³-hybridized carbons (Fsp3) is 0. The molecule has 0 nitrogen and oxygen atoms in total. The summed E-state index contributed by atoms with van der Waals surface area (Å²) in [6.07, 6.45) is 2.78. The van der Waals surface area contributed by atoms with E-state index in [0.29, 0.717) is 0 Å². The van der Waals surface area contributed by atoms with Crippen LogP contribution in [0.2, 0.25) is 0 Å². The molecule has 1 heteroatoms. The van der Waals surface area contributed by atoms with Crippen molar-refractivity contribution in [3.63, 3.8) is 0 Å². The summed E-state index contributed by atoms with van der Waals surface area (Å²) in [5, 5.41) is 0. The Morgan fingerprint density at radius 3 is 2.00 bits per heavy atom. The van der Waals surface area contributed by atoms with Crippen LogP contribution in [-0.4, -0.2) is 0 Å². The Labute approximate surface area is 75.8 Å². The van der Waals surface area contributed by atoms with Crippen LogP contribution in [0, 0.1) is 6.08 Å². The Morgan fingerprint density at radius 2 is 1.67 bits per heavy atom. The van der Waals surface area contributed by atoms with E-state index in [2.05, 4.69) is 12.7 Å². The second-order valence-corrected chi connectivity index (χ2v) is 1.54. The van der Waals surface area contributed by atoms with E-state index in [-0.39, 0.29) is 27.3 Å². The molecular weight excluding hydrogens is 208 g/mol. The smallest absolute Gasteiger partial charge is 0 e. The zero-order valence-corrected chi connectivity index (χ0v) is 9.34. The Hall–Kier alpha value is -0.118. The molecule has 0 aliphatic carbocycles. The van der Waals surface area contributed by atoms with Crippen LogP contribution >= 0.6 is 0 Å². The molecule has 42 valence electrons. The predicted molar refractivity (Wildman–Crippen MR) is 34.4 cm³/mol. The summed E-state index contributed by atoms with van der Waals surface area (Å²) in [6, 6.07) is 9.84. The maximum atomic E-state index is 3.51. The first-order chi connectivity index (χ1) is 3.93. The van der Waals surface area contributed by atoms with Crippen LogP contribution in [0.15, 0.2) is 36.9 Å². The summed E-state index contributed by atoms with van der Waals surface area (Å²) >= 11 is 0. The van der Waals surface area contributed by atoms with E-state index in [4.69, 9.17) is 0 Å². The predicted octanol–water partition coefficient (Wildman–Crippen LogP) is 2.02. The molecule has 0 unspecified atom stereocenters. The van der Waals surface area contributed by atoms with Gasteiger partial charge in [-0.15, -0.1) is 12.1 Å². The molecule has 0 bridgehead atoms. The van der Waals surface area contributed by atoms with Gasteiger partial charge in [-0.05, 0) is 0 Å². The van der Waals surface area contributed by atoms with Crippen LogP contribution in [-0.2, 0) is 27.3 Å². The van der Waals surface area contributed by atoms with E-state index < -0.39 is 0 Å². The fourth-order valence-corrected chi connectivity index (χ4v) is 0.556. The summed E-state index contributed by atoms with van der Waals surface area (Å²) in [5.74, 6) is 0. The second kappa shape index (κ2) is 4.73. The van der Waals surface area contributed by atoms with Gasteiger partial charge in [0.05, 0.1) is 0 Å². The first-order valence-electron chi connectivity index (χ1n) is 2.51. The maximum Gasteiger partial charge on any atom is 0 e. The summed E-state index contributed by atoms with van der Waals surface area (Å²) < 4.78 is 0. The summed E-state index contributed by atoms with van der Waals surface area (Å²) in [4.78, 5) is 0. The van der Waals surface area contributed by atoms with Gasteiger partial charge in [0.1, 0.15) is 0 Å². The average molecular weight is 216 g/mol. The van der Waals surface area contributed by atoms with Gasteiger partial charge < -0.3 is 0 Å². The molecule has 0 heterocycles. The third kappa shape index (κ3) is 2.79. The maximum absolute atomic E-state index is 3.51. The van der Waals surface area contributed by atoms with Crippen molar-refractivity contribution in [2.45, 2.75) is 0 Å². The number of benzene rings is 1. The molecule has 1 aromatic carbocycles. The molecule has 0 atom stereocenters. The molecule has 0 fully saturated rings. The molecule has 0 aliphatic rings. The minimum absolute atomic E-state index is 0. The molecule has 1 aromatic rings. The Kier molecular flexibility index (Phi) is 4.67. The van der Waals surface area contributed by atoms with Crippen molar-refractivity contribution in [1.82, 2.24) is 0 Å². The van der Waals surface area contributed by atoms with Gasteiger partial charge in [0, 0.05) is 27.3 Å². The van der Waals surface area contributed by atoms with E-state index >= 15 is 0 Å². The van der Waals surface area contributed by atoms with E-state index in [1.54, 1.807) is 0 Å². The second-order valence-electron chi connectivity index (χ2n) is 1.54. The van der Waals surface area contributed by atoms with Crippen LogP contribution in [0.4, 0.5) is 0 Å². The SMILES string of the molecule is C=[C-]c1ccccc1.[Cd]. The summed E-state index contributed by atoms with van der Waals surface area (Å²) in [6.45, 7) is 3.51. The minimum Gasteiger partial charge on any atom is -0.193 e. The van der Waals surface area contributed by atoms with Gasteiger partial charge in [0.25, 0.3) is 0 Å². The molecule has 9 heavy (non-hydrogen) atoms. The first kappa shape index (κ1) is 8.88. The van der Waals surface area contributed by atoms with E-state index in [0.717, 1.165) is 5.56 Å². The monoisotopic (exact) mass is 217 g/mol. The fourth-order valence-electron chi connectivity index (χ4n) is 0.556. The Bertz CT molecular complexity index is 167. The summed E-state index contributed by atoms with van der Waals surface area (Å²) in [7, 11) is 0. The van der Waals surface area contributed by atoms with Crippen molar-refractivity contribution in [1.29, 1.82) is 0 Å². The van der Waals surface area contributed by atoms with Crippen molar-refractivity contribution >= 4 is 0 Å². The Balaban J connectivity index is 0.000000640. The van der Waals surface area contributed by atoms with Gasteiger partial charge in [-0.3, -0.25) is 0 Å². The van der Waals surface area contributed by atoms with Crippen molar-refractivity contribution in [3.05, 3.63) is 48.6 Å². The van der Waals surface area contributed by atoms with Crippen LogP contribution < -0.4 is 0 Å². The molecule has 0 spiro atoms. The molecule has 0 N–H and O–H groups in total. The first-order valence-corrected chi connectivity index (χ1v) is 2.51. The zero-order chi connectivity index (χ0) is 5.82. The largest absolute Gasteiger partial charge is 0.193 e. The molecule has 0 amide bonds. The number of rotatable bonds is 1. The van der Waals surface area contributed by atoms with Crippen LogP contribution in [0.3, 0.4) is 0 Å². The summed E-state index contributed by atoms with van der Waals surface area (Å²) in [5.41, 5.74) is 1.05. The molecule has 0 saturated carbocycles. The quantitative estimate of drug-likeness (QED) is 0.497. The Morgan fingerprint density at radius 1 is 1.11 bits per heavy atom. The van der Waals surface area contributed by atoms with Crippen molar-refractivity contribution in [2.75, 3.05) is 0 Å². The standard InChI is InChI=1S/C8H7.Cd/c1-2-8-6-4-3-5-7-8;/h3-7H,1H2;/q-1;. The number of hydrogen-bond donors (Lipinski definition) is 0. The van der Waals surface area contributed by atoms with E-state index in [1.807, 2.05) is 30.3 Å². The van der Waals surface area contributed by atoms with Gasteiger partial charge in [0.15, 0.2) is 0 Å². The van der Waals surface area contributed by atoms with Gasteiger partial charge >= 0.3 is 0 Å². The van der Waals surface area contributed by atoms with Crippen molar-refractivity contribution in [3.8, 4) is 0 Å².